The molecule has 0 radical (unpaired) electrons. The Hall–Kier alpha value is -2.77. The Kier molecular flexibility index (Phi) is 5.28. The van der Waals surface area contributed by atoms with Gasteiger partial charge in [-0.2, -0.15) is 0 Å². The first-order valence-electron chi connectivity index (χ1n) is 7.67. The minimum Gasteiger partial charge on any atom is -0.461 e. The molecule has 0 unspecified atom stereocenters. The Balaban J connectivity index is 2.02. The number of rotatable bonds is 5. The maximum atomic E-state index is 12.2. The molecule has 0 aliphatic heterocycles. The number of urea groups is 1. The molecule has 8 nitrogen and oxygen atoms in total. The molecule has 0 aromatic carbocycles. The molecule has 8 heteroatoms. The second kappa shape index (κ2) is 7.20. The highest BCUT2D eigenvalue weighted by Gasteiger charge is 2.19. The monoisotopic (exact) mass is 334 g/mol. The summed E-state index contributed by atoms with van der Waals surface area (Å²) in [5.74, 6) is 0.238. The van der Waals surface area contributed by atoms with Gasteiger partial charge in [0.25, 0.3) is 0 Å². The molecule has 24 heavy (non-hydrogen) atoms. The van der Waals surface area contributed by atoms with Crippen molar-refractivity contribution in [1.82, 2.24) is 15.0 Å². The Bertz CT molecular complexity index is 728. The van der Waals surface area contributed by atoms with E-state index < -0.39 is 5.97 Å². The van der Waals surface area contributed by atoms with Crippen molar-refractivity contribution < 1.29 is 18.8 Å². The van der Waals surface area contributed by atoms with Crippen LogP contribution in [0.1, 0.15) is 47.4 Å². The first kappa shape index (κ1) is 17.6. The number of carbonyl (C=O) groups is 2. The van der Waals surface area contributed by atoms with Crippen LogP contribution in [0.5, 0.6) is 0 Å². The zero-order chi connectivity index (χ0) is 17.9. The van der Waals surface area contributed by atoms with Gasteiger partial charge in [0.1, 0.15) is 11.5 Å². The Morgan fingerprint density at radius 2 is 2.12 bits per heavy atom. The van der Waals surface area contributed by atoms with Crippen molar-refractivity contribution in [3.8, 4) is 0 Å². The van der Waals surface area contributed by atoms with E-state index in [0.717, 1.165) is 11.3 Å². The number of nitrogens with zero attached hydrogens (tertiary/aromatic N) is 2. The van der Waals surface area contributed by atoms with Gasteiger partial charge in [0.2, 0.25) is 0 Å². The van der Waals surface area contributed by atoms with Crippen molar-refractivity contribution in [1.29, 1.82) is 0 Å². The second-order valence-electron chi connectivity index (χ2n) is 5.50. The van der Waals surface area contributed by atoms with Gasteiger partial charge in [-0.25, -0.2) is 9.59 Å². The van der Waals surface area contributed by atoms with Gasteiger partial charge in [-0.3, -0.25) is 0 Å². The largest absolute Gasteiger partial charge is 0.461 e. The molecular formula is C16H22N4O4. The molecule has 0 aliphatic rings. The van der Waals surface area contributed by atoms with Crippen molar-refractivity contribution in [2.45, 2.75) is 33.7 Å². The van der Waals surface area contributed by atoms with Crippen LogP contribution in [0.2, 0.25) is 0 Å². The van der Waals surface area contributed by atoms with Gasteiger partial charge in [0.15, 0.2) is 0 Å². The van der Waals surface area contributed by atoms with Gasteiger partial charge in [-0.15, -0.1) is 0 Å². The molecule has 2 aromatic heterocycles. The third-order valence-electron chi connectivity index (χ3n) is 3.62. The van der Waals surface area contributed by atoms with Crippen LogP contribution < -0.4 is 10.6 Å². The second-order valence-corrected chi connectivity index (χ2v) is 5.50. The lowest BCUT2D eigenvalue weighted by Crippen LogP contribution is -2.31. The Morgan fingerprint density at radius 3 is 2.71 bits per heavy atom. The summed E-state index contributed by atoms with van der Waals surface area (Å²) in [5.41, 5.74) is 2.46. The number of nitrogens with one attached hydrogen (secondary N) is 2. The Morgan fingerprint density at radius 1 is 1.42 bits per heavy atom. The van der Waals surface area contributed by atoms with Crippen LogP contribution in [0.15, 0.2) is 16.8 Å². The van der Waals surface area contributed by atoms with Crippen molar-refractivity contribution in [3.63, 3.8) is 0 Å². The predicted molar refractivity (Wildman–Crippen MR) is 87.9 cm³/mol. The molecule has 0 saturated carbocycles. The fourth-order valence-corrected chi connectivity index (χ4v) is 2.59. The van der Waals surface area contributed by atoms with E-state index in [0.29, 0.717) is 23.7 Å². The summed E-state index contributed by atoms with van der Waals surface area (Å²) >= 11 is 0. The number of aryl methyl sites for hydroxylation is 3. The lowest BCUT2D eigenvalue weighted by molar-refractivity contribution is 0.0515. The van der Waals surface area contributed by atoms with Crippen LogP contribution in [-0.4, -0.2) is 28.3 Å². The number of esters is 1. The van der Waals surface area contributed by atoms with E-state index in [4.69, 9.17) is 9.26 Å². The molecule has 0 spiro atoms. The molecule has 2 amide bonds. The van der Waals surface area contributed by atoms with E-state index in [1.165, 1.54) is 0 Å². The minimum atomic E-state index is -0.433. The van der Waals surface area contributed by atoms with E-state index in [1.54, 1.807) is 37.7 Å². The summed E-state index contributed by atoms with van der Waals surface area (Å²) in [4.78, 5) is 23.9. The molecular weight excluding hydrogens is 312 g/mol. The average Bonchev–Trinajstić information content (AvgIpc) is 3.01. The van der Waals surface area contributed by atoms with Gasteiger partial charge >= 0.3 is 12.0 Å². The van der Waals surface area contributed by atoms with Crippen molar-refractivity contribution >= 4 is 17.7 Å². The number of ether oxygens (including phenoxy) is 1. The Labute approximate surface area is 140 Å². The summed E-state index contributed by atoms with van der Waals surface area (Å²) in [6, 6.07) is 0.922. The van der Waals surface area contributed by atoms with Crippen LogP contribution in [0.4, 0.5) is 10.5 Å². The van der Waals surface area contributed by atoms with Gasteiger partial charge in [0.05, 0.1) is 24.0 Å². The topological polar surface area (TPSA) is 98.4 Å². The van der Waals surface area contributed by atoms with Crippen molar-refractivity contribution in [2.24, 2.45) is 7.05 Å². The highest BCUT2D eigenvalue weighted by molar-refractivity contribution is 5.93. The zero-order valence-corrected chi connectivity index (χ0v) is 14.5. The molecule has 0 aliphatic carbocycles. The highest BCUT2D eigenvalue weighted by Crippen LogP contribution is 2.21. The zero-order valence-electron chi connectivity index (χ0n) is 14.5. The lowest BCUT2D eigenvalue weighted by Gasteiger charge is -2.14. The molecule has 0 bridgehead atoms. The number of carbonyl (C=O) groups excluding carboxylic acids is 2. The number of hydrogen-bond acceptors (Lipinski definition) is 5. The molecule has 2 rings (SSSR count). The molecule has 0 fully saturated rings. The van der Waals surface area contributed by atoms with E-state index in [-0.39, 0.29) is 12.1 Å². The fourth-order valence-electron chi connectivity index (χ4n) is 2.59. The number of aromatic nitrogens is 2. The molecule has 0 saturated heterocycles. The molecule has 130 valence electrons. The summed E-state index contributed by atoms with van der Waals surface area (Å²) < 4.78 is 11.7. The molecule has 2 heterocycles. The van der Waals surface area contributed by atoms with Crippen LogP contribution in [0, 0.1) is 13.8 Å². The average molecular weight is 334 g/mol. The third kappa shape index (κ3) is 3.76. The van der Waals surface area contributed by atoms with Gasteiger partial charge in [-0.1, -0.05) is 5.16 Å². The minimum absolute atomic E-state index is 0.260. The van der Waals surface area contributed by atoms with Crippen molar-refractivity contribution in [3.05, 3.63) is 35.0 Å². The third-order valence-corrected chi connectivity index (χ3v) is 3.62. The SMILES string of the molecule is CCOC(=O)c1cc(NC(=O)N[C@H](C)c2c(C)noc2C)cn1C. The first-order valence-corrected chi connectivity index (χ1v) is 7.67. The van der Waals surface area contributed by atoms with E-state index in [1.807, 2.05) is 13.8 Å². The lowest BCUT2D eigenvalue weighted by atomic mass is 10.1. The van der Waals surface area contributed by atoms with Gasteiger partial charge < -0.3 is 24.5 Å². The smallest absolute Gasteiger partial charge is 0.355 e. The normalized spacial score (nSPS) is 11.9. The van der Waals surface area contributed by atoms with Crippen LogP contribution in [0.3, 0.4) is 0 Å². The number of hydrogen-bond donors (Lipinski definition) is 2. The van der Waals surface area contributed by atoms with Gasteiger partial charge in [0, 0.05) is 18.8 Å². The predicted octanol–water partition coefficient (Wildman–Crippen LogP) is 2.69. The van der Waals surface area contributed by atoms with Crippen LogP contribution in [0.25, 0.3) is 0 Å². The highest BCUT2D eigenvalue weighted by atomic mass is 16.5. The van der Waals surface area contributed by atoms with Crippen LogP contribution >= 0.6 is 0 Å². The number of anilines is 1. The summed E-state index contributed by atoms with van der Waals surface area (Å²) in [6.07, 6.45) is 1.65. The molecule has 2 N–H and O–H groups in total. The molecule has 1 atom stereocenters. The summed E-state index contributed by atoms with van der Waals surface area (Å²) in [7, 11) is 1.71. The maximum absolute atomic E-state index is 12.2. The van der Waals surface area contributed by atoms with E-state index >= 15 is 0 Å². The maximum Gasteiger partial charge on any atom is 0.355 e. The number of amides is 2. The summed E-state index contributed by atoms with van der Waals surface area (Å²) in [5, 5.41) is 9.40. The summed E-state index contributed by atoms with van der Waals surface area (Å²) in [6.45, 7) is 7.51. The van der Waals surface area contributed by atoms with Gasteiger partial charge in [-0.05, 0) is 33.8 Å². The van der Waals surface area contributed by atoms with Crippen LogP contribution in [-0.2, 0) is 11.8 Å². The van der Waals surface area contributed by atoms with Crippen molar-refractivity contribution in [2.75, 3.05) is 11.9 Å². The fraction of sp³-hybridized carbons (Fsp3) is 0.438. The first-order chi connectivity index (χ1) is 11.3. The van der Waals surface area contributed by atoms with E-state index in [9.17, 15) is 9.59 Å². The standard InChI is InChI=1S/C16H22N4O4/c1-6-23-15(21)13-7-12(8-20(13)5)18-16(22)17-9(2)14-10(3)19-24-11(14)4/h7-9H,6H2,1-5H3,(H2,17,18,22)/t9-/m1/s1. The quantitative estimate of drug-likeness (QED) is 0.819. The molecule has 2 aromatic rings. The van der Waals surface area contributed by atoms with E-state index in [2.05, 4.69) is 15.8 Å².